The summed E-state index contributed by atoms with van der Waals surface area (Å²) in [5.41, 5.74) is 1.49. The molecule has 0 bridgehead atoms. The number of hydrogen-bond donors (Lipinski definition) is 2. The predicted molar refractivity (Wildman–Crippen MR) is 130 cm³/mol. The van der Waals surface area contributed by atoms with Crippen LogP contribution in [0.3, 0.4) is 0 Å². The highest BCUT2D eigenvalue weighted by Crippen LogP contribution is 2.36. The molecule has 34 heavy (non-hydrogen) atoms. The highest BCUT2D eigenvalue weighted by atomic mass is 32.2. The van der Waals surface area contributed by atoms with E-state index in [4.69, 9.17) is 24.9 Å². The van der Waals surface area contributed by atoms with Gasteiger partial charge in [0.15, 0.2) is 16.9 Å². The molecule has 2 aliphatic heterocycles. The van der Waals surface area contributed by atoms with Crippen molar-refractivity contribution in [3.05, 3.63) is 36.5 Å². The first kappa shape index (κ1) is 22.9. The van der Waals surface area contributed by atoms with Gasteiger partial charge in [-0.05, 0) is 49.7 Å². The minimum absolute atomic E-state index is 0.0520. The van der Waals surface area contributed by atoms with Crippen LogP contribution in [0, 0.1) is 5.41 Å². The molecule has 2 N–H and O–H groups in total. The van der Waals surface area contributed by atoms with Crippen LogP contribution >= 0.6 is 11.8 Å². The molecule has 9 nitrogen and oxygen atoms in total. The Morgan fingerprint density at radius 3 is 2.76 bits per heavy atom. The Kier molecular flexibility index (Phi) is 6.60. The van der Waals surface area contributed by atoms with Gasteiger partial charge in [0.05, 0.1) is 6.20 Å². The van der Waals surface area contributed by atoms with Gasteiger partial charge in [0.1, 0.15) is 11.3 Å². The summed E-state index contributed by atoms with van der Waals surface area (Å²) in [5.74, 6) is 0.828. The van der Waals surface area contributed by atoms with Crippen molar-refractivity contribution in [2.45, 2.75) is 55.2 Å². The van der Waals surface area contributed by atoms with Crippen LogP contribution in [0.2, 0.25) is 0 Å². The van der Waals surface area contributed by atoms with Gasteiger partial charge in [0, 0.05) is 31.1 Å². The summed E-state index contributed by atoms with van der Waals surface area (Å²) >= 11 is 1.59. The number of carboxylic acid groups (broad SMARTS) is 1. The molecule has 3 aromatic rings. The predicted octanol–water partition coefficient (Wildman–Crippen LogP) is 4.55. The van der Waals surface area contributed by atoms with Crippen molar-refractivity contribution in [2.24, 2.45) is 5.41 Å². The Bertz CT molecular complexity index is 1140. The second kappa shape index (κ2) is 9.79. The molecule has 0 radical (unpaired) electrons. The number of piperidine rings is 1. The molecule has 2 saturated heterocycles. The van der Waals surface area contributed by atoms with Crippen LogP contribution in [0.25, 0.3) is 11.2 Å². The van der Waals surface area contributed by atoms with Gasteiger partial charge in [0.2, 0.25) is 0 Å². The summed E-state index contributed by atoms with van der Waals surface area (Å²) in [4.78, 5) is 24.1. The zero-order valence-corrected chi connectivity index (χ0v) is 20.1. The first-order chi connectivity index (χ1) is 16.5. The van der Waals surface area contributed by atoms with Crippen molar-refractivity contribution in [3.63, 3.8) is 0 Å². The van der Waals surface area contributed by atoms with Gasteiger partial charge in [-0.25, -0.2) is 19.4 Å². The Hall–Kier alpha value is -2.85. The zero-order valence-electron chi connectivity index (χ0n) is 19.3. The number of aromatic nitrogens is 4. The molecule has 4 heterocycles. The summed E-state index contributed by atoms with van der Waals surface area (Å²) in [7, 11) is 0. The van der Waals surface area contributed by atoms with E-state index in [0.29, 0.717) is 6.54 Å². The molecule has 1 atom stereocenters. The van der Waals surface area contributed by atoms with Crippen LogP contribution in [0.15, 0.2) is 46.5 Å². The monoisotopic (exact) mass is 482 g/mol. The maximum Gasteiger partial charge on any atom is 0.404 e. The van der Waals surface area contributed by atoms with E-state index < -0.39 is 6.09 Å². The Morgan fingerprint density at radius 1 is 1.26 bits per heavy atom. The van der Waals surface area contributed by atoms with Crippen molar-refractivity contribution >= 4 is 34.8 Å². The molecule has 2 aromatic heterocycles. The van der Waals surface area contributed by atoms with E-state index in [0.717, 1.165) is 78.7 Å². The van der Waals surface area contributed by atoms with Crippen LogP contribution in [0.1, 0.15) is 45.3 Å². The molecule has 5 rings (SSSR count). The molecule has 0 saturated carbocycles. The van der Waals surface area contributed by atoms with Crippen molar-refractivity contribution < 1.29 is 14.6 Å². The van der Waals surface area contributed by atoms with E-state index >= 15 is 0 Å². The first-order valence-corrected chi connectivity index (χ1v) is 12.6. The van der Waals surface area contributed by atoms with E-state index in [1.54, 1.807) is 11.8 Å². The van der Waals surface area contributed by atoms with Gasteiger partial charge in [-0.1, -0.05) is 36.9 Å². The number of nitrogens with zero attached hydrogens (tertiary/aromatic N) is 5. The van der Waals surface area contributed by atoms with E-state index in [-0.39, 0.29) is 11.6 Å². The average Bonchev–Trinajstić information content (AvgIpc) is 3.22. The van der Waals surface area contributed by atoms with Crippen molar-refractivity contribution in [3.8, 4) is 0 Å². The quantitative estimate of drug-likeness (QED) is 0.527. The van der Waals surface area contributed by atoms with Crippen LogP contribution in [-0.4, -0.2) is 57.2 Å². The Balaban J connectivity index is 1.41. The maximum atomic E-state index is 10.9. The second-order valence-corrected chi connectivity index (χ2v) is 10.4. The number of carbonyl (C=O) groups is 1. The summed E-state index contributed by atoms with van der Waals surface area (Å²) < 4.78 is 7.97. The average molecular weight is 483 g/mol. The van der Waals surface area contributed by atoms with Gasteiger partial charge in [-0.2, -0.15) is 5.10 Å². The topological polar surface area (TPSA) is 105 Å². The third kappa shape index (κ3) is 4.97. The summed E-state index contributed by atoms with van der Waals surface area (Å²) in [6.07, 6.45) is 5.59. The number of nitrogens with one attached hydrogen (secondary N) is 1. The summed E-state index contributed by atoms with van der Waals surface area (Å²) in [6, 6.07) is 10.2. The lowest BCUT2D eigenvalue weighted by atomic mass is 9.80. The van der Waals surface area contributed by atoms with E-state index in [1.165, 1.54) is 0 Å². The minimum atomic E-state index is -0.970. The van der Waals surface area contributed by atoms with E-state index in [1.807, 2.05) is 29.1 Å². The van der Waals surface area contributed by atoms with Crippen molar-refractivity contribution in [1.29, 1.82) is 0 Å². The standard InChI is InChI=1S/C24H30N6O3S/c1-24(16-26-23(31)32)10-12-29(13-11-24)18-15-25-20-21(27-18)30(19-9-5-6-14-33-19)28-22(20)34-17-7-3-2-4-8-17/h2-4,7-8,15,19,26H,5-6,9-14,16H2,1H3,(H,31,32). The number of ether oxygens (including phenoxy) is 1. The fourth-order valence-electron chi connectivity index (χ4n) is 4.55. The molecule has 0 spiro atoms. The van der Waals surface area contributed by atoms with Gasteiger partial charge in [-0.3, -0.25) is 0 Å². The van der Waals surface area contributed by atoms with Gasteiger partial charge < -0.3 is 20.1 Å². The normalized spacial score (nSPS) is 20.4. The van der Waals surface area contributed by atoms with Crippen molar-refractivity contribution in [1.82, 2.24) is 25.1 Å². The lowest BCUT2D eigenvalue weighted by molar-refractivity contribution is -0.0376. The highest BCUT2D eigenvalue weighted by molar-refractivity contribution is 7.99. The fraction of sp³-hybridized carbons (Fsp3) is 0.500. The third-order valence-electron chi connectivity index (χ3n) is 6.71. The Labute approximate surface area is 202 Å². The van der Waals surface area contributed by atoms with Crippen LogP contribution in [0.4, 0.5) is 10.6 Å². The van der Waals surface area contributed by atoms with Gasteiger partial charge in [0.25, 0.3) is 0 Å². The molecule has 1 unspecified atom stereocenters. The minimum Gasteiger partial charge on any atom is -0.465 e. The third-order valence-corrected chi connectivity index (χ3v) is 7.68. The molecule has 10 heteroatoms. The molecule has 1 aromatic carbocycles. The molecule has 2 aliphatic rings. The SMILES string of the molecule is CC1(CNC(=O)O)CCN(c2cnc3c(Sc4ccccc4)nn(C4CCCCO4)c3n2)CC1. The van der Waals surface area contributed by atoms with Gasteiger partial charge >= 0.3 is 6.09 Å². The molecule has 1 amide bonds. The number of benzene rings is 1. The number of rotatable bonds is 6. The second-order valence-electron chi connectivity index (χ2n) is 9.34. The molecular formula is C24H30N6O3S. The van der Waals surface area contributed by atoms with Crippen LogP contribution in [0.5, 0.6) is 0 Å². The molecule has 180 valence electrons. The highest BCUT2D eigenvalue weighted by Gasteiger charge is 2.32. The molecule has 0 aliphatic carbocycles. The number of amides is 1. The van der Waals surface area contributed by atoms with Crippen LogP contribution < -0.4 is 10.2 Å². The fourth-order valence-corrected chi connectivity index (χ4v) is 5.44. The van der Waals surface area contributed by atoms with Crippen molar-refractivity contribution in [2.75, 3.05) is 31.1 Å². The number of anilines is 1. The van der Waals surface area contributed by atoms with E-state index in [9.17, 15) is 4.79 Å². The largest absolute Gasteiger partial charge is 0.465 e. The molecular weight excluding hydrogens is 452 g/mol. The van der Waals surface area contributed by atoms with E-state index in [2.05, 4.69) is 29.3 Å². The lowest BCUT2D eigenvalue weighted by Crippen LogP contribution is -2.44. The zero-order chi connectivity index (χ0) is 23.5. The number of fused-ring (bicyclic) bond motifs is 1. The van der Waals surface area contributed by atoms with Gasteiger partial charge in [-0.15, -0.1) is 0 Å². The maximum absolute atomic E-state index is 10.9. The number of hydrogen-bond acceptors (Lipinski definition) is 7. The molecule has 2 fully saturated rings. The Morgan fingerprint density at radius 2 is 2.06 bits per heavy atom. The van der Waals surface area contributed by atoms with Crippen LogP contribution in [-0.2, 0) is 4.74 Å². The summed E-state index contributed by atoms with van der Waals surface area (Å²) in [6.45, 7) is 4.94. The smallest absolute Gasteiger partial charge is 0.404 e. The lowest BCUT2D eigenvalue weighted by Gasteiger charge is -2.39. The summed E-state index contributed by atoms with van der Waals surface area (Å²) in [5, 5.41) is 17.2. The first-order valence-electron chi connectivity index (χ1n) is 11.8.